The summed E-state index contributed by atoms with van der Waals surface area (Å²) in [4.78, 5) is 35.8. The molecule has 4 fully saturated rings. The maximum atomic E-state index is 13.0. The van der Waals surface area contributed by atoms with Crippen molar-refractivity contribution >= 4 is 42.9 Å². The summed E-state index contributed by atoms with van der Waals surface area (Å²) >= 11 is 0. The number of anilines is 2. The molecule has 10 rings (SSSR count). The average Bonchev–Trinajstić information content (AvgIpc) is 4.38. The predicted octanol–water partition coefficient (Wildman–Crippen LogP) is 7.45. The number of amides is 2. The minimum absolute atomic E-state index is 0.0147. The number of aliphatic hydroxyl groups is 2. The van der Waals surface area contributed by atoms with Crippen LogP contribution in [-0.4, -0.2) is 178 Å². The second-order valence-corrected chi connectivity index (χ2v) is 27.5. The summed E-state index contributed by atoms with van der Waals surface area (Å²) in [6.45, 7) is 16.7. The second kappa shape index (κ2) is 32.0. The van der Waals surface area contributed by atoms with Gasteiger partial charge in [-0.3, -0.25) is 19.4 Å². The third-order valence-electron chi connectivity index (χ3n) is 17.0. The van der Waals surface area contributed by atoms with E-state index < -0.39 is 31.8 Å². The van der Waals surface area contributed by atoms with Gasteiger partial charge in [0.2, 0.25) is 0 Å². The van der Waals surface area contributed by atoms with Crippen molar-refractivity contribution in [2.45, 2.75) is 61.4 Å². The van der Waals surface area contributed by atoms with E-state index in [4.69, 9.17) is 18.9 Å². The summed E-state index contributed by atoms with van der Waals surface area (Å²) < 4.78 is 71.0. The van der Waals surface area contributed by atoms with Crippen molar-refractivity contribution in [2.24, 2.45) is 11.8 Å². The van der Waals surface area contributed by atoms with E-state index in [0.29, 0.717) is 47.3 Å². The Kier molecular flexibility index (Phi) is 23.9. The van der Waals surface area contributed by atoms with Crippen LogP contribution in [-0.2, 0) is 42.0 Å². The quantitative estimate of drug-likeness (QED) is 0.0415. The van der Waals surface area contributed by atoms with Gasteiger partial charge in [0.05, 0.1) is 73.0 Å². The molecule has 6 aromatic carbocycles. The van der Waals surface area contributed by atoms with Crippen molar-refractivity contribution < 1.29 is 55.6 Å². The van der Waals surface area contributed by atoms with E-state index in [9.17, 15) is 36.6 Å². The molecule has 4 N–H and O–H groups in total. The fourth-order valence-electron chi connectivity index (χ4n) is 11.6. The van der Waals surface area contributed by atoms with Crippen molar-refractivity contribution in [1.82, 2.24) is 20.4 Å². The fraction of sp³-hybridized carbons (Fsp3) is 0.441. The van der Waals surface area contributed by atoms with Crippen molar-refractivity contribution in [2.75, 3.05) is 140 Å². The number of hydrogen-bond donors (Lipinski definition) is 4. The molecule has 4 aliphatic rings. The Hall–Kier alpha value is -6.88. The first kappa shape index (κ1) is 65.6. The Morgan fingerprint density at radius 2 is 0.852 bits per heavy atom. The lowest BCUT2D eigenvalue weighted by Crippen LogP contribution is -2.38. The third-order valence-corrected chi connectivity index (χ3v) is 20.5. The van der Waals surface area contributed by atoms with Gasteiger partial charge in [-0.25, -0.2) is 16.8 Å². The lowest BCUT2D eigenvalue weighted by molar-refractivity contribution is 0.0321. The van der Waals surface area contributed by atoms with E-state index in [-0.39, 0.29) is 46.3 Å². The van der Waals surface area contributed by atoms with Crippen LogP contribution in [0.2, 0.25) is 0 Å². The molecule has 4 heterocycles. The highest BCUT2D eigenvalue weighted by molar-refractivity contribution is 7.91. The summed E-state index contributed by atoms with van der Waals surface area (Å²) in [5, 5.41) is 25.5. The van der Waals surface area contributed by atoms with Crippen LogP contribution >= 0.6 is 0 Å². The highest BCUT2D eigenvalue weighted by Gasteiger charge is 2.26. The van der Waals surface area contributed by atoms with Gasteiger partial charge in [-0.2, -0.15) is 0 Å². The van der Waals surface area contributed by atoms with Gasteiger partial charge >= 0.3 is 0 Å². The van der Waals surface area contributed by atoms with Crippen LogP contribution in [0, 0.1) is 11.8 Å². The minimum Gasteiger partial charge on any atom is -0.492 e. The van der Waals surface area contributed by atoms with E-state index >= 15 is 0 Å². The Bertz CT molecular complexity index is 3140. The van der Waals surface area contributed by atoms with Crippen LogP contribution in [0.1, 0.15) is 81.7 Å². The molecular formula is C68H86N6O12S2. The van der Waals surface area contributed by atoms with Gasteiger partial charge in [-0.15, -0.1) is 0 Å². The molecule has 0 radical (unpaired) electrons. The number of ether oxygens (including phenoxy) is 4. The average molecular weight is 1240 g/mol. The molecule has 20 heteroatoms. The summed E-state index contributed by atoms with van der Waals surface area (Å²) in [5.74, 6) is 2.35. The van der Waals surface area contributed by atoms with Crippen LogP contribution in [0.25, 0.3) is 0 Å². The zero-order valence-corrected chi connectivity index (χ0v) is 52.4. The highest BCUT2D eigenvalue weighted by atomic mass is 32.2. The van der Waals surface area contributed by atoms with Crippen LogP contribution in [0.5, 0.6) is 11.5 Å². The fourth-order valence-corrected chi connectivity index (χ4v) is 13.3. The molecule has 4 aliphatic heterocycles. The topological polar surface area (TPSA) is 217 Å². The molecule has 2 unspecified atom stereocenters. The largest absolute Gasteiger partial charge is 0.492 e. The maximum Gasteiger partial charge on any atom is 0.251 e. The van der Waals surface area contributed by atoms with Crippen LogP contribution in [0.3, 0.4) is 0 Å². The first-order valence-electron chi connectivity index (χ1n) is 30.9. The summed E-state index contributed by atoms with van der Waals surface area (Å²) in [6, 6.07) is 43.3. The number of carbonyl (C=O) groups is 2. The van der Waals surface area contributed by atoms with Gasteiger partial charge < -0.3 is 49.6 Å². The van der Waals surface area contributed by atoms with Gasteiger partial charge in [0.1, 0.15) is 24.7 Å². The standard InChI is InChI=1S/2C34H43N3O6S/c2*1-2-44(40,41)32-13-7-28(8-14-32)33(25-38)35-34(39)29-5-9-30(10-6-29)37-16-15-27(24-37)23-26-3-11-31(12-4-26)43-22-19-36-17-20-42-21-18-36/h2*3-14,27,33,38H,2,15-25H2,1H3,(H,35,39)/t2*27?,33-/m00/s1. The highest BCUT2D eigenvalue weighted by Crippen LogP contribution is 2.30. The Labute approximate surface area is 519 Å². The lowest BCUT2D eigenvalue weighted by Gasteiger charge is -2.26. The molecule has 4 atom stereocenters. The summed E-state index contributed by atoms with van der Waals surface area (Å²) in [7, 11) is -6.63. The zero-order chi connectivity index (χ0) is 61.9. The SMILES string of the molecule is CCS(=O)(=O)c1ccc([C@H](CO)NC(=O)c2ccc(N3CCC(Cc4ccc(OCCN5CCOCC5)cc4)C3)cc2)cc1.CCS(=O)(=O)c1ccc([C@H](CO)NC(=O)c2ccc(N3CCC(Cc4ccc(OCCN5CCOCC5)cc4)C3)cc2)cc1. The van der Waals surface area contributed by atoms with E-state index in [0.717, 1.165) is 140 Å². The number of nitrogens with zero attached hydrogens (tertiary/aromatic N) is 4. The molecular weight excluding hydrogens is 1160 g/mol. The number of rotatable bonds is 26. The lowest BCUT2D eigenvalue weighted by atomic mass is 9.99. The van der Waals surface area contributed by atoms with Crippen LogP contribution in [0.15, 0.2) is 155 Å². The molecule has 0 saturated carbocycles. The first-order valence-corrected chi connectivity index (χ1v) is 34.2. The van der Waals surface area contributed by atoms with Crippen LogP contribution < -0.4 is 29.9 Å². The predicted molar refractivity (Wildman–Crippen MR) is 342 cm³/mol. The smallest absolute Gasteiger partial charge is 0.251 e. The molecule has 0 aliphatic carbocycles. The number of sulfone groups is 2. The van der Waals surface area contributed by atoms with Crippen molar-refractivity contribution in [1.29, 1.82) is 0 Å². The summed E-state index contributed by atoms with van der Waals surface area (Å²) in [5.41, 5.74) is 7.07. The molecule has 0 aromatic heterocycles. The Balaban J connectivity index is 0.000000209. The number of carbonyl (C=O) groups excluding carboxylic acids is 2. The number of aliphatic hydroxyl groups excluding tert-OH is 2. The maximum absolute atomic E-state index is 13.0. The normalized spacial score (nSPS) is 18.2. The third kappa shape index (κ3) is 18.6. The Morgan fingerprint density at radius 3 is 1.18 bits per heavy atom. The van der Waals surface area contributed by atoms with Gasteiger partial charge in [0.25, 0.3) is 11.8 Å². The number of nitrogens with one attached hydrogen (secondary N) is 2. The number of benzene rings is 6. The van der Waals surface area contributed by atoms with Crippen molar-refractivity contribution in [3.63, 3.8) is 0 Å². The van der Waals surface area contributed by atoms with Gasteiger partial charge in [-0.05, 0) is 157 Å². The van der Waals surface area contributed by atoms with Gasteiger partial charge in [0.15, 0.2) is 19.7 Å². The van der Waals surface area contributed by atoms with Crippen molar-refractivity contribution in [3.05, 3.63) is 179 Å². The first-order chi connectivity index (χ1) is 42.7. The molecule has 6 aromatic rings. The van der Waals surface area contributed by atoms with Crippen LogP contribution in [0.4, 0.5) is 11.4 Å². The molecule has 0 bridgehead atoms. The van der Waals surface area contributed by atoms with E-state index in [1.807, 2.05) is 24.3 Å². The van der Waals surface area contributed by atoms with E-state index in [1.165, 1.54) is 35.4 Å². The summed E-state index contributed by atoms with van der Waals surface area (Å²) in [6.07, 6.45) is 4.24. The monoisotopic (exact) mass is 1240 g/mol. The molecule has 4 saturated heterocycles. The number of hydrogen-bond acceptors (Lipinski definition) is 16. The second-order valence-electron chi connectivity index (χ2n) is 23.0. The molecule has 472 valence electrons. The molecule has 88 heavy (non-hydrogen) atoms. The number of morpholine rings is 2. The Morgan fingerprint density at radius 1 is 0.500 bits per heavy atom. The van der Waals surface area contributed by atoms with E-state index in [2.05, 4.69) is 78.8 Å². The van der Waals surface area contributed by atoms with Crippen molar-refractivity contribution in [3.8, 4) is 11.5 Å². The molecule has 18 nitrogen and oxygen atoms in total. The molecule has 2 amide bonds. The van der Waals surface area contributed by atoms with Gasteiger partial charge in [0, 0.05) is 87.9 Å². The molecule has 0 spiro atoms. The minimum atomic E-state index is -3.31. The van der Waals surface area contributed by atoms with E-state index in [1.54, 1.807) is 62.4 Å². The zero-order valence-electron chi connectivity index (χ0n) is 50.7. The van der Waals surface area contributed by atoms with Gasteiger partial charge in [-0.1, -0.05) is 62.4 Å².